The fourth-order valence-corrected chi connectivity index (χ4v) is 3.67. The molecule has 1 atom stereocenters. The zero-order valence-electron chi connectivity index (χ0n) is 15.6. The number of amides is 1. The number of ether oxygens (including phenoxy) is 3. The molecule has 0 radical (unpaired) electrons. The van der Waals surface area contributed by atoms with E-state index in [1.54, 1.807) is 7.11 Å². The fourth-order valence-electron chi connectivity index (χ4n) is 3.67. The van der Waals surface area contributed by atoms with Gasteiger partial charge in [-0.2, -0.15) is 0 Å². The topological polar surface area (TPSA) is 68.8 Å². The lowest BCUT2D eigenvalue weighted by Crippen LogP contribution is -2.47. The van der Waals surface area contributed by atoms with Crippen molar-refractivity contribution in [3.8, 4) is 5.75 Å². The highest BCUT2D eigenvalue weighted by molar-refractivity contribution is 5.94. The molecule has 2 aliphatic rings. The Bertz CT molecular complexity index is 558. The molecular weight excluding hydrogens is 332 g/mol. The molecule has 1 aromatic rings. The quantitative estimate of drug-likeness (QED) is 0.740. The summed E-state index contributed by atoms with van der Waals surface area (Å²) in [7, 11) is 1.72. The van der Waals surface area contributed by atoms with Crippen LogP contribution in [0.5, 0.6) is 5.75 Å². The van der Waals surface area contributed by atoms with Crippen LogP contribution < -0.4 is 15.4 Å². The lowest BCUT2D eigenvalue weighted by Gasteiger charge is -2.37. The predicted octanol–water partition coefficient (Wildman–Crippen LogP) is 1.99. The molecule has 0 aromatic heterocycles. The van der Waals surface area contributed by atoms with Gasteiger partial charge in [-0.3, -0.25) is 4.79 Å². The third-order valence-electron chi connectivity index (χ3n) is 5.32. The van der Waals surface area contributed by atoms with Gasteiger partial charge >= 0.3 is 0 Å². The summed E-state index contributed by atoms with van der Waals surface area (Å²) in [6, 6.07) is 7.32. The fraction of sp³-hybridized carbons (Fsp3) is 0.650. The van der Waals surface area contributed by atoms with Gasteiger partial charge in [-0.1, -0.05) is 0 Å². The summed E-state index contributed by atoms with van der Waals surface area (Å²) in [6.07, 6.45) is 4.38. The maximum atomic E-state index is 12.5. The van der Waals surface area contributed by atoms with E-state index in [0.29, 0.717) is 25.3 Å². The van der Waals surface area contributed by atoms with Gasteiger partial charge in [0.2, 0.25) is 0 Å². The molecule has 0 aliphatic carbocycles. The Morgan fingerprint density at radius 2 is 2.08 bits per heavy atom. The molecule has 1 unspecified atom stereocenters. The first-order valence-corrected chi connectivity index (χ1v) is 9.53. The molecule has 26 heavy (non-hydrogen) atoms. The van der Waals surface area contributed by atoms with Crippen LogP contribution in [0.1, 0.15) is 36.0 Å². The van der Waals surface area contributed by atoms with Crippen LogP contribution in [0.3, 0.4) is 0 Å². The number of hydrogen-bond acceptors (Lipinski definition) is 5. The van der Waals surface area contributed by atoms with Crippen molar-refractivity contribution in [3.63, 3.8) is 0 Å². The number of piperidine rings is 1. The van der Waals surface area contributed by atoms with Crippen molar-refractivity contribution in [1.29, 1.82) is 0 Å². The summed E-state index contributed by atoms with van der Waals surface area (Å²) in [4.78, 5) is 12.5. The van der Waals surface area contributed by atoms with Crippen molar-refractivity contribution in [1.82, 2.24) is 10.6 Å². The Balaban J connectivity index is 1.49. The molecule has 0 spiro atoms. The normalized spacial score (nSPS) is 22.1. The molecule has 6 nitrogen and oxygen atoms in total. The average Bonchev–Trinajstić information content (AvgIpc) is 3.20. The van der Waals surface area contributed by atoms with Gasteiger partial charge in [0, 0.05) is 31.2 Å². The van der Waals surface area contributed by atoms with Gasteiger partial charge in [-0.15, -0.1) is 0 Å². The zero-order valence-corrected chi connectivity index (χ0v) is 15.6. The second kappa shape index (κ2) is 9.35. The molecule has 2 N–H and O–H groups in total. The molecular formula is C20H30N2O4. The predicted molar refractivity (Wildman–Crippen MR) is 99.7 cm³/mol. The van der Waals surface area contributed by atoms with Gasteiger partial charge in [0.05, 0.1) is 12.7 Å². The summed E-state index contributed by atoms with van der Waals surface area (Å²) in [6.45, 7) is 4.64. The van der Waals surface area contributed by atoms with Gasteiger partial charge in [0.15, 0.2) is 0 Å². The Morgan fingerprint density at radius 1 is 1.31 bits per heavy atom. The summed E-state index contributed by atoms with van der Waals surface area (Å²) < 4.78 is 16.7. The average molecular weight is 362 g/mol. The zero-order chi connectivity index (χ0) is 18.2. The first kappa shape index (κ1) is 19.1. The van der Waals surface area contributed by atoms with Gasteiger partial charge in [-0.05, 0) is 63.0 Å². The van der Waals surface area contributed by atoms with E-state index in [0.717, 1.165) is 51.1 Å². The van der Waals surface area contributed by atoms with Crippen molar-refractivity contribution in [2.75, 3.05) is 46.6 Å². The van der Waals surface area contributed by atoms with E-state index in [4.69, 9.17) is 14.2 Å². The summed E-state index contributed by atoms with van der Waals surface area (Å²) in [5, 5.41) is 6.45. The van der Waals surface area contributed by atoms with E-state index in [2.05, 4.69) is 10.6 Å². The van der Waals surface area contributed by atoms with Crippen LogP contribution in [-0.2, 0) is 9.47 Å². The molecule has 2 fully saturated rings. The maximum Gasteiger partial charge on any atom is 0.251 e. The first-order valence-electron chi connectivity index (χ1n) is 9.53. The summed E-state index contributed by atoms with van der Waals surface area (Å²) >= 11 is 0. The number of carbonyl (C=O) groups is 1. The SMILES string of the molecule is COCC1(CNC(=O)c2ccc(OCC3CCCO3)cc2)CCNCC1. The Kier molecular flexibility index (Phi) is 6.88. The minimum atomic E-state index is -0.0512. The number of carbonyl (C=O) groups excluding carboxylic acids is 1. The van der Waals surface area contributed by atoms with Crippen LogP contribution in [0.2, 0.25) is 0 Å². The molecule has 1 amide bonds. The molecule has 2 heterocycles. The van der Waals surface area contributed by atoms with Crippen LogP contribution in [-0.4, -0.2) is 58.6 Å². The second-order valence-electron chi connectivity index (χ2n) is 7.34. The molecule has 0 bridgehead atoms. The van der Waals surface area contributed by atoms with E-state index >= 15 is 0 Å². The largest absolute Gasteiger partial charge is 0.491 e. The van der Waals surface area contributed by atoms with Crippen LogP contribution in [0.4, 0.5) is 0 Å². The highest BCUT2D eigenvalue weighted by Crippen LogP contribution is 2.28. The van der Waals surface area contributed by atoms with E-state index < -0.39 is 0 Å². The van der Waals surface area contributed by atoms with Crippen LogP contribution in [0.25, 0.3) is 0 Å². The molecule has 1 aromatic carbocycles. The van der Waals surface area contributed by atoms with Crippen molar-refractivity contribution in [3.05, 3.63) is 29.8 Å². The van der Waals surface area contributed by atoms with E-state index in [1.807, 2.05) is 24.3 Å². The third-order valence-corrected chi connectivity index (χ3v) is 5.32. The molecule has 2 aliphatic heterocycles. The Labute approximate surface area is 155 Å². The third kappa shape index (κ3) is 5.19. The minimum Gasteiger partial charge on any atom is -0.491 e. The van der Waals surface area contributed by atoms with Crippen LogP contribution in [0.15, 0.2) is 24.3 Å². The standard InChI is InChI=1S/C20H30N2O4/c1-24-15-20(8-10-21-11-9-20)14-22-19(23)16-4-6-17(7-5-16)26-13-18-3-2-12-25-18/h4-7,18,21H,2-3,8-15H2,1H3,(H,22,23). The van der Waals surface area contributed by atoms with Crippen molar-refractivity contribution in [2.45, 2.75) is 31.8 Å². The monoisotopic (exact) mass is 362 g/mol. The van der Waals surface area contributed by atoms with Crippen molar-refractivity contribution < 1.29 is 19.0 Å². The number of rotatable bonds is 8. The van der Waals surface area contributed by atoms with E-state index in [-0.39, 0.29) is 17.4 Å². The first-order chi connectivity index (χ1) is 12.7. The van der Waals surface area contributed by atoms with Gasteiger partial charge in [0.25, 0.3) is 5.91 Å². The van der Waals surface area contributed by atoms with Crippen molar-refractivity contribution >= 4 is 5.91 Å². The lowest BCUT2D eigenvalue weighted by atomic mass is 9.79. The van der Waals surface area contributed by atoms with Crippen LogP contribution >= 0.6 is 0 Å². The lowest BCUT2D eigenvalue weighted by molar-refractivity contribution is 0.0511. The number of hydrogen-bond donors (Lipinski definition) is 2. The van der Waals surface area contributed by atoms with Gasteiger partial charge in [0.1, 0.15) is 12.4 Å². The molecule has 2 saturated heterocycles. The molecule has 0 saturated carbocycles. The molecule has 144 valence electrons. The number of nitrogens with one attached hydrogen (secondary N) is 2. The second-order valence-corrected chi connectivity index (χ2v) is 7.34. The molecule has 3 rings (SSSR count). The highest BCUT2D eigenvalue weighted by Gasteiger charge is 2.32. The number of benzene rings is 1. The smallest absolute Gasteiger partial charge is 0.251 e. The maximum absolute atomic E-state index is 12.5. The van der Waals surface area contributed by atoms with Gasteiger partial charge in [-0.25, -0.2) is 0 Å². The minimum absolute atomic E-state index is 0.0278. The van der Waals surface area contributed by atoms with E-state index in [9.17, 15) is 4.79 Å². The summed E-state index contributed by atoms with van der Waals surface area (Å²) in [5.74, 6) is 0.718. The summed E-state index contributed by atoms with van der Waals surface area (Å²) in [5.41, 5.74) is 0.677. The Morgan fingerprint density at radius 3 is 2.73 bits per heavy atom. The van der Waals surface area contributed by atoms with Crippen LogP contribution in [0, 0.1) is 5.41 Å². The van der Waals surface area contributed by atoms with Crippen molar-refractivity contribution in [2.24, 2.45) is 5.41 Å². The number of methoxy groups -OCH3 is 1. The highest BCUT2D eigenvalue weighted by atomic mass is 16.5. The molecule has 6 heteroatoms. The van der Waals surface area contributed by atoms with Gasteiger partial charge < -0.3 is 24.8 Å². The van der Waals surface area contributed by atoms with E-state index in [1.165, 1.54) is 0 Å². The Hall–Kier alpha value is -1.63.